The first-order chi connectivity index (χ1) is 29.2. The van der Waals surface area contributed by atoms with Gasteiger partial charge >= 0.3 is 0 Å². The van der Waals surface area contributed by atoms with Crippen molar-refractivity contribution >= 4 is 67.4 Å². The average Bonchev–Trinajstić information content (AvgIpc) is 3.82. The molecule has 4 heterocycles. The molecule has 276 valence electrons. The second kappa shape index (κ2) is 12.6. The summed E-state index contributed by atoms with van der Waals surface area (Å²) < 4.78 is 18.2. The van der Waals surface area contributed by atoms with Crippen LogP contribution in [0.15, 0.2) is 200 Å². The molecule has 0 amide bonds. The molecule has 0 atom stereocenters. The summed E-state index contributed by atoms with van der Waals surface area (Å²) in [5, 5.41) is 8.58. The van der Waals surface area contributed by atoms with Gasteiger partial charge in [-0.3, -0.25) is 0 Å². The van der Waals surface area contributed by atoms with Crippen LogP contribution in [0.1, 0.15) is 0 Å². The molecule has 4 nitrogen and oxygen atoms in total. The number of benzene rings is 9. The van der Waals surface area contributed by atoms with Crippen LogP contribution in [-0.2, 0) is 0 Å². The van der Waals surface area contributed by atoms with Crippen LogP contribution >= 0.6 is 7.92 Å². The van der Waals surface area contributed by atoms with Crippen LogP contribution in [0.25, 0.3) is 77.2 Å². The molecule has 0 N–H and O–H groups in total. The zero-order valence-electron chi connectivity index (χ0n) is 31.7. The van der Waals surface area contributed by atoms with E-state index in [1.807, 2.05) is 6.07 Å². The highest BCUT2D eigenvalue weighted by atomic mass is 31.1. The van der Waals surface area contributed by atoms with Gasteiger partial charge in [0.2, 0.25) is 0 Å². The third-order valence-corrected chi connectivity index (χ3v) is 14.7. The number of fused-ring (bicyclic) bond motifs is 10. The van der Waals surface area contributed by atoms with Crippen molar-refractivity contribution in [1.29, 1.82) is 0 Å². The molecule has 0 saturated carbocycles. The number of nitrogens with zero attached hydrogens (tertiary/aromatic N) is 2. The summed E-state index contributed by atoms with van der Waals surface area (Å²) in [6.45, 7) is 0. The first-order valence-electron chi connectivity index (χ1n) is 20.0. The van der Waals surface area contributed by atoms with Gasteiger partial charge in [-0.15, -0.1) is 0 Å². The number of hydrogen-bond acceptors (Lipinski definition) is 2. The Balaban J connectivity index is 0.892. The molecule has 2 aliphatic rings. The van der Waals surface area contributed by atoms with Gasteiger partial charge in [-0.25, -0.2) is 0 Å². The molecule has 2 aliphatic heterocycles. The maximum absolute atomic E-state index is 6.75. The number of para-hydroxylation sites is 4. The van der Waals surface area contributed by atoms with E-state index >= 15 is 0 Å². The number of ether oxygens (including phenoxy) is 2. The van der Waals surface area contributed by atoms with Crippen molar-refractivity contribution in [1.82, 2.24) is 9.13 Å². The normalized spacial score (nSPS) is 12.9. The van der Waals surface area contributed by atoms with Gasteiger partial charge in [-0.1, -0.05) is 115 Å². The topological polar surface area (TPSA) is 28.3 Å². The number of aromatic nitrogens is 2. The zero-order chi connectivity index (χ0) is 38.6. The van der Waals surface area contributed by atoms with E-state index in [-0.39, 0.29) is 0 Å². The van der Waals surface area contributed by atoms with Crippen molar-refractivity contribution in [2.45, 2.75) is 0 Å². The van der Waals surface area contributed by atoms with E-state index < -0.39 is 7.92 Å². The monoisotopic (exact) mass is 772 g/mol. The lowest BCUT2D eigenvalue weighted by Crippen LogP contribution is -2.31. The molecule has 0 unspecified atom stereocenters. The number of hydrogen-bond donors (Lipinski definition) is 0. The molecule has 0 spiro atoms. The highest BCUT2D eigenvalue weighted by Gasteiger charge is 2.37. The van der Waals surface area contributed by atoms with Crippen molar-refractivity contribution in [3.05, 3.63) is 200 Å². The van der Waals surface area contributed by atoms with Gasteiger partial charge in [0.25, 0.3) is 0 Å². The van der Waals surface area contributed by atoms with Gasteiger partial charge in [-0.05, 0) is 107 Å². The van der Waals surface area contributed by atoms with Crippen LogP contribution in [0.5, 0.6) is 23.0 Å². The fraction of sp³-hybridized carbons (Fsp3) is 0. The predicted molar refractivity (Wildman–Crippen MR) is 245 cm³/mol. The molecule has 0 saturated heterocycles. The standard InChI is InChI=1S/C54H33N2O2P/c1-5-20-44-40(16-1)41-17-2-6-21-45(41)55(44)38-14-9-12-34(30-38)36-26-28-52-50(32-36)57-48-24-11-25-49-54(48)59(52)53-29-27-37(33-51(53)58-49)35-13-10-15-39(31-35)56-46-22-7-3-18-42(46)43-19-4-8-23-47(43)56/h1-33H. The fourth-order valence-corrected chi connectivity index (χ4v) is 12.0. The molecule has 13 rings (SSSR count). The van der Waals surface area contributed by atoms with Crippen molar-refractivity contribution < 1.29 is 9.47 Å². The Morgan fingerprint density at radius 3 is 1.10 bits per heavy atom. The summed E-state index contributed by atoms with van der Waals surface area (Å²) in [7, 11) is -0.923. The number of rotatable bonds is 4. The molecule has 0 aliphatic carbocycles. The summed E-state index contributed by atoms with van der Waals surface area (Å²) in [6.07, 6.45) is 0. The van der Waals surface area contributed by atoms with Crippen LogP contribution in [0, 0.1) is 0 Å². The van der Waals surface area contributed by atoms with E-state index in [4.69, 9.17) is 9.47 Å². The van der Waals surface area contributed by atoms with Crippen molar-refractivity contribution in [2.24, 2.45) is 0 Å². The van der Waals surface area contributed by atoms with E-state index in [2.05, 4.69) is 203 Å². The van der Waals surface area contributed by atoms with Gasteiger partial charge in [-0.2, -0.15) is 0 Å². The lowest BCUT2D eigenvalue weighted by molar-refractivity contribution is 0.467. The Morgan fingerprint density at radius 2 is 0.678 bits per heavy atom. The Hall–Kier alpha value is -7.39. The van der Waals surface area contributed by atoms with Gasteiger partial charge in [0.05, 0.1) is 27.4 Å². The van der Waals surface area contributed by atoms with Gasteiger partial charge in [0, 0.05) is 51.5 Å². The minimum absolute atomic E-state index is 0.867. The summed E-state index contributed by atoms with van der Waals surface area (Å²) in [5.41, 5.74) is 11.6. The summed E-state index contributed by atoms with van der Waals surface area (Å²) in [5.74, 6) is 3.53. The van der Waals surface area contributed by atoms with E-state index in [1.165, 1.54) is 54.2 Å². The van der Waals surface area contributed by atoms with E-state index in [0.29, 0.717) is 0 Å². The lowest BCUT2D eigenvalue weighted by Gasteiger charge is -2.34. The molecule has 0 radical (unpaired) electrons. The van der Waals surface area contributed by atoms with Crippen LogP contribution < -0.4 is 25.4 Å². The molecule has 0 fully saturated rings. The minimum atomic E-state index is -0.923. The van der Waals surface area contributed by atoms with Crippen molar-refractivity contribution in [3.8, 4) is 56.6 Å². The Morgan fingerprint density at radius 1 is 0.305 bits per heavy atom. The smallest absolute Gasteiger partial charge is 0.139 e. The molecular formula is C54H33N2O2P. The van der Waals surface area contributed by atoms with Crippen LogP contribution in [-0.4, -0.2) is 9.13 Å². The Kier molecular flexibility index (Phi) is 6.95. The first kappa shape index (κ1) is 32.7. The quantitative estimate of drug-likeness (QED) is 0.167. The predicted octanol–water partition coefficient (Wildman–Crippen LogP) is 13.2. The second-order valence-electron chi connectivity index (χ2n) is 15.3. The summed E-state index contributed by atoms with van der Waals surface area (Å²) in [4.78, 5) is 0. The molecule has 11 aromatic rings. The molecule has 0 bridgehead atoms. The van der Waals surface area contributed by atoms with Gasteiger partial charge in [0.1, 0.15) is 23.0 Å². The molecule has 2 aromatic heterocycles. The molecule has 59 heavy (non-hydrogen) atoms. The molecule has 5 heteroatoms. The van der Waals surface area contributed by atoms with Crippen LogP contribution in [0.2, 0.25) is 0 Å². The lowest BCUT2D eigenvalue weighted by atomic mass is 10.0. The Bertz CT molecular complexity index is 3210. The zero-order valence-corrected chi connectivity index (χ0v) is 32.6. The molecule has 9 aromatic carbocycles. The van der Waals surface area contributed by atoms with Crippen LogP contribution in [0.3, 0.4) is 0 Å². The largest absolute Gasteiger partial charge is 0.456 e. The minimum Gasteiger partial charge on any atom is -0.456 e. The molecular weight excluding hydrogens is 740 g/mol. The third kappa shape index (κ3) is 4.88. The highest BCUT2D eigenvalue weighted by molar-refractivity contribution is 7.80. The summed E-state index contributed by atoms with van der Waals surface area (Å²) >= 11 is 0. The maximum atomic E-state index is 6.75. The van der Waals surface area contributed by atoms with E-state index in [1.54, 1.807) is 0 Å². The fourth-order valence-electron chi connectivity index (χ4n) is 9.47. The van der Waals surface area contributed by atoms with Gasteiger partial charge in [0.15, 0.2) is 0 Å². The average molecular weight is 773 g/mol. The third-order valence-electron chi connectivity index (χ3n) is 12.1. The Labute approximate surface area is 341 Å². The van der Waals surface area contributed by atoms with Gasteiger partial charge < -0.3 is 18.6 Å². The van der Waals surface area contributed by atoms with Crippen molar-refractivity contribution in [3.63, 3.8) is 0 Å². The van der Waals surface area contributed by atoms with Crippen molar-refractivity contribution in [2.75, 3.05) is 0 Å². The SMILES string of the molecule is c1cc(-c2ccc3c(c2)Oc2cccc4c2P3c2ccc(-c3cccc(-n5c6ccccc6c6ccccc65)c3)cc2O4)cc(-n2c3ccccc3c3ccccc32)c1. The highest BCUT2D eigenvalue weighted by Crippen LogP contribution is 2.53. The second-order valence-corrected chi connectivity index (χ2v) is 17.4. The van der Waals surface area contributed by atoms with E-state index in [9.17, 15) is 0 Å². The van der Waals surface area contributed by atoms with Crippen LogP contribution in [0.4, 0.5) is 0 Å². The first-order valence-corrected chi connectivity index (χ1v) is 21.3. The summed E-state index contributed by atoms with van der Waals surface area (Å²) in [6, 6.07) is 72.1. The van der Waals surface area contributed by atoms with E-state index in [0.717, 1.165) is 61.9 Å². The maximum Gasteiger partial charge on any atom is 0.139 e.